The Morgan fingerprint density at radius 3 is 2.79 bits per heavy atom. The molecule has 4 rings (SSSR count). The van der Waals surface area contributed by atoms with Crippen molar-refractivity contribution in [1.29, 1.82) is 5.26 Å². The van der Waals surface area contributed by atoms with Gasteiger partial charge in [-0.25, -0.2) is 4.39 Å². The van der Waals surface area contributed by atoms with Gasteiger partial charge in [-0.3, -0.25) is 4.79 Å². The zero-order valence-corrected chi connectivity index (χ0v) is 17.1. The topological polar surface area (TPSA) is 67.1 Å². The number of nitrogens with one attached hydrogen (secondary N) is 1. The smallest absolute Gasteiger partial charge is 0.235 e. The zero-order valence-electron chi connectivity index (χ0n) is 16.2. The number of carbonyl (C=O) groups is 1. The molecule has 0 bridgehead atoms. The number of amides is 1. The standard InChI is InChI=1S/C22H24FN3O2S/c23-15-7-9-17(10-8-15)29-14-21(27)25-22-19(12-24)18-5-1-2-6-20(18)26(22)13-16-4-3-11-28-16/h7-10,16H,1-6,11,13-14H2,(H,25,27). The van der Waals surface area contributed by atoms with E-state index < -0.39 is 0 Å². The fourth-order valence-corrected chi connectivity index (χ4v) is 4.86. The number of nitriles is 1. The lowest BCUT2D eigenvalue weighted by atomic mass is 9.95. The molecule has 1 N–H and O–H groups in total. The summed E-state index contributed by atoms with van der Waals surface area (Å²) in [6.07, 6.45) is 6.16. The van der Waals surface area contributed by atoms with Crippen molar-refractivity contribution >= 4 is 23.5 Å². The van der Waals surface area contributed by atoms with Gasteiger partial charge in [-0.05, 0) is 68.4 Å². The summed E-state index contributed by atoms with van der Waals surface area (Å²) in [6, 6.07) is 8.42. The van der Waals surface area contributed by atoms with Crippen LogP contribution in [0.15, 0.2) is 29.2 Å². The summed E-state index contributed by atoms with van der Waals surface area (Å²) in [5.41, 5.74) is 2.85. The quantitative estimate of drug-likeness (QED) is 0.718. The molecular formula is C22H24FN3O2S. The maximum absolute atomic E-state index is 13.0. The van der Waals surface area contributed by atoms with E-state index in [9.17, 15) is 14.4 Å². The van der Waals surface area contributed by atoms with Crippen LogP contribution in [0.4, 0.5) is 10.2 Å². The lowest BCUT2D eigenvalue weighted by molar-refractivity contribution is -0.113. The molecule has 0 radical (unpaired) electrons. The average molecular weight is 414 g/mol. The first-order valence-electron chi connectivity index (χ1n) is 10.1. The van der Waals surface area contributed by atoms with Gasteiger partial charge >= 0.3 is 0 Å². The molecule has 0 saturated carbocycles. The van der Waals surface area contributed by atoms with E-state index in [-0.39, 0.29) is 23.6 Å². The van der Waals surface area contributed by atoms with Crippen molar-refractivity contribution in [2.75, 3.05) is 17.7 Å². The molecule has 2 aromatic rings. The number of carbonyl (C=O) groups excluding carboxylic acids is 1. The number of hydrogen-bond donors (Lipinski definition) is 1. The number of benzene rings is 1. The predicted octanol–water partition coefficient (Wildman–Crippen LogP) is 4.29. The molecule has 1 aliphatic heterocycles. The first-order valence-corrected chi connectivity index (χ1v) is 11.1. The Balaban J connectivity index is 1.54. The molecule has 152 valence electrons. The molecule has 1 aromatic heterocycles. The number of aromatic nitrogens is 1. The number of rotatable bonds is 6. The van der Waals surface area contributed by atoms with Crippen molar-refractivity contribution in [3.8, 4) is 6.07 Å². The number of ether oxygens (including phenoxy) is 1. The van der Waals surface area contributed by atoms with E-state index in [1.54, 1.807) is 12.1 Å². The zero-order chi connectivity index (χ0) is 20.2. The summed E-state index contributed by atoms with van der Waals surface area (Å²) in [5.74, 6) is 0.348. The van der Waals surface area contributed by atoms with Crippen LogP contribution in [0.5, 0.6) is 0 Å². The van der Waals surface area contributed by atoms with Gasteiger partial charge in [0.15, 0.2) is 0 Å². The Morgan fingerprint density at radius 2 is 2.07 bits per heavy atom. The van der Waals surface area contributed by atoms with E-state index in [4.69, 9.17) is 4.74 Å². The van der Waals surface area contributed by atoms with Crippen LogP contribution in [0.2, 0.25) is 0 Å². The van der Waals surface area contributed by atoms with Crippen LogP contribution in [0.3, 0.4) is 0 Å². The number of thioether (sulfide) groups is 1. The van der Waals surface area contributed by atoms with Gasteiger partial charge in [0, 0.05) is 17.2 Å². The molecule has 1 saturated heterocycles. The minimum atomic E-state index is -0.296. The first-order chi connectivity index (χ1) is 14.2. The molecule has 1 amide bonds. The van der Waals surface area contributed by atoms with Crippen molar-refractivity contribution in [2.24, 2.45) is 0 Å². The molecule has 0 spiro atoms. The third kappa shape index (κ3) is 4.49. The summed E-state index contributed by atoms with van der Waals surface area (Å²) in [7, 11) is 0. The van der Waals surface area contributed by atoms with E-state index in [1.165, 1.54) is 29.6 Å². The lowest BCUT2D eigenvalue weighted by Crippen LogP contribution is -2.23. The second kappa shape index (κ2) is 9.02. The van der Waals surface area contributed by atoms with Crippen LogP contribution in [0, 0.1) is 17.1 Å². The average Bonchev–Trinajstić information content (AvgIpc) is 3.35. The molecule has 7 heteroatoms. The number of anilines is 1. The van der Waals surface area contributed by atoms with Crippen LogP contribution in [-0.4, -0.2) is 28.9 Å². The van der Waals surface area contributed by atoms with Gasteiger partial charge in [0.2, 0.25) is 5.91 Å². The summed E-state index contributed by atoms with van der Waals surface area (Å²) in [4.78, 5) is 13.5. The molecule has 1 atom stereocenters. The van der Waals surface area contributed by atoms with Crippen molar-refractivity contribution in [2.45, 2.75) is 56.1 Å². The highest BCUT2D eigenvalue weighted by molar-refractivity contribution is 8.00. The van der Waals surface area contributed by atoms with Crippen LogP contribution in [-0.2, 0) is 28.9 Å². The number of nitrogens with zero attached hydrogens (tertiary/aromatic N) is 2. The first kappa shape index (κ1) is 20.0. The van der Waals surface area contributed by atoms with Gasteiger partial charge in [0.05, 0.1) is 24.0 Å². The van der Waals surface area contributed by atoms with Crippen LogP contribution < -0.4 is 5.32 Å². The molecule has 1 aromatic carbocycles. The highest BCUT2D eigenvalue weighted by Gasteiger charge is 2.28. The molecule has 1 aliphatic carbocycles. The van der Waals surface area contributed by atoms with Crippen molar-refractivity contribution in [3.63, 3.8) is 0 Å². The Morgan fingerprint density at radius 1 is 1.28 bits per heavy atom. The monoisotopic (exact) mass is 413 g/mol. The lowest BCUT2D eigenvalue weighted by Gasteiger charge is -2.19. The molecule has 29 heavy (non-hydrogen) atoms. The third-order valence-corrected chi connectivity index (χ3v) is 6.55. The molecule has 5 nitrogen and oxygen atoms in total. The van der Waals surface area contributed by atoms with Gasteiger partial charge in [-0.2, -0.15) is 5.26 Å². The fraction of sp³-hybridized carbons (Fsp3) is 0.455. The van der Waals surface area contributed by atoms with E-state index in [1.807, 2.05) is 0 Å². The van der Waals surface area contributed by atoms with Gasteiger partial charge in [-0.1, -0.05) is 0 Å². The number of hydrogen-bond acceptors (Lipinski definition) is 4. The predicted molar refractivity (Wildman–Crippen MR) is 111 cm³/mol. The van der Waals surface area contributed by atoms with Crippen LogP contribution in [0.25, 0.3) is 0 Å². The largest absolute Gasteiger partial charge is 0.376 e. The summed E-state index contributed by atoms with van der Waals surface area (Å²) >= 11 is 1.35. The Bertz CT molecular complexity index is 927. The Kier molecular flexibility index (Phi) is 6.22. The van der Waals surface area contributed by atoms with E-state index >= 15 is 0 Å². The second-order valence-electron chi connectivity index (χ2n) is 7.50. The Labute approximate surface area is 174 Å². The van der Waals surface area contributed by atoms with Gasteiger partial charge < -0.3 is 14.6 Å². The SMILES string of the molecule is N#Cc1c2c(n(CC3CCCO3)c1NC(=O)CSc1ccc(F)cc1)CCCC2. The number of halogens is 1. The maximum atomic E-state index is 13.0. The highest BCUT2D eigenvalue weighted by atomic mass is 32.2. The summed E-state index contributed by atoms with van der Waals surface area (Å²) in [5, 5.41) is 12.8. The van der Waals surface area contributed by atoms with Crippen LogP contribution >= 0.6 is 11.8 Å². The molecule has 1 unspecified atom stereocenters. The van der Waals surface area contributed by atoms with E-state index in [0.29, 0.717) is 17.9 Å². The normalized spacial score (nSPS) is 18.3. The fourth-order valence-electron chi connectivity index (χ4n) is 4.16. The number of fused-ring (bicyclic) bond motifs is 1. The molecule has 2 heterocycles. The highest BCUT2D eigenvalue weighted by Crippen LogP contribution is 2.34. The molecular weight excluding hydrogens is 389 g/mol. The second-order valence-corrected chi connectivity index (χ2v) is 8.55. The maximum Gasteiger partial charge on any atom is 0.235 e. The minimum absolute atomic E-state index is 0.129. The molecule has 2 aliphatic rings. The van der Waals surface area contributed by atoms with Crippen molar-refractivity contribution in [1.82, 2.24) is 4.57 Å². The van der Waals surface area contributed by atoms with Gasteiger partial charge in [-0.15, -0.1) is 11.8 Å². The van der Waals surface area contributed by atoms with Gasteiger partial charge in [0.1, 0.15) is 17.7 Å². The summed E-state index contributed by atoms with van der Waals surface area (Å²) in [6.45, 7) is 1.44. The van der Waals surface area contributed by atoms with E-state index in [2.05, 4.69) is 16.0 Å². The Hall–Kier alpha value is -2.30. The molecule has 1 fully saturated rings. The van der Waals surface area contributed by atoms with Crippen LogP contribution in [0.1, 0.15) is 42.5 Å². The van der Waals surface area contributed by atoms with Crippen molar-refractivity contribution < 1.29 is 13.9 Å². The third-order valence-electron chi connectivity index (χ3n) is 5.54. The van der Waals surface area contributed by atoms with E-state index in [0.717, 1.165) is 55.6 Å². The minimum Gasteiger partial charge on any atom is -0.376 e. The summed E-state index contributed by atoms with van der Waals surface area (Å²) < 4.78 is 21.0. The van der Waals surface area contributed by atoms with Crippen molar-refractivity contribution in [3.05, 3.63) is 46.9 Å². The van der Waals surface area contributed by atoms with Gasteiger partial charge in [0.25, 0.3) is 0 Å².